The smallest absolute Gasteiger partial charge is 0.434 e. The Morgan fingerprint density at radius 3 is 2.57 bits per heavy atom. The van der Waals surface area contributed by atoms with E-state index in [1.54, 1.807) is 0 Å². The number of aromatic nitrogens is 1. The first-order chi connectivity index (χ1) is 17.5. The van der Waals surface area contributed by atoms with E-state index in [4.69, 9.17) is 21.1 Å². The van der Waals surface area contributed by atoms with E-state index in [2.05, 4.69) is 20.9 Å². The van der Waals surface area contributed by atoms with Crippen LogP contribution in [0.2, 0.25) is 5.02 Å². The average Bonchev–Trinajstić information content (AvgIpc) is 3.15. The summed E-state index contributed by atoms with van der Waals surface area (Å²) in [7, 11) is 1.35. The van der Waals surface area contributed by atoms with E-state index in [0.29, 0.717) is 20.8 Å². The van der Waals surface area contributed by atoms with Crippen LogP contribution in [0.5, 0.6) is 11.5 Å². The minimum Gasteiger partial charge on any atom is -0.504 e. The zero-order valence-corrected chi connectivity index (χ0v) is 22.3. The van der Waals surface area contributed by atoms with Crippen LogP contribution in [0.25, 0.3) is 6.08 Å². The van der Waals surface area contributed by atoms with Crippen molar-refractivity contribution in [2.45, 2.75) is 19.1 Å². The number of carbonyl (C=O) groups is 1. The van der Waals surface area contributed by atoms with Crippen molar-refractivity contribution in [3.05, 3.63) is 88.0 Å². The maximum atomic E-state index is 14.2. The highest BCUT2D eigenvalue weighted by Gasteiger charge is 2.45. The van der Waals surface area contributed by atoms with Crippen LogP contribution in [-0.4, -0.2) is 35.5 Å². The molecule has 2 heterocycles. The molecule has 0 unspecified atom stereocenters. The highest BCUT2D eigenvalue weighted by Crippen LogP contribution is 2.39. The minimum absolute atomic E-state index is 0.0280. The largest absolute Gasteiger partial charge is 0.504 e. The quantitative estimate of drug-likeness (QED) is 0.427. The van der Waals surface area contributed by atoms with Crippen molar-refractivity contribution in [2.75, 3.05) is 13.7 Å². The second kappa shape index (κ2) is 10.3. The molecule has 1 atom stereocenters. The Balaban J connectivity index is 2.06. The van der Waals surface area contributed by atoms with Gasteiger partial charge in [0.2, 0.25) is 0 Å². The Morgan fingerprint density at radius 1 is 1.30 bits per heavy atom. The summed E-state index contributed by atoms with van der Waals surface area (Å²) < 4.78 is 54.0. The number of hydrogen-bond acceptors (Lipinski definition) is 7. The van der Waals surface area contributed by atoms with Gasteiger partial charge in [-0.3, -0.25) is 9.36 Å². The lowest BCUT2D eigenvalue weighted by atomic mass is 9.95. The van der Waals surface area contributed by atoms with Crippen LogP contribution in [0.3, 0.4) is 0 Å². The third-order valence-corrected chi connectivity index (χ3v) is 7.05. The molecule has 0 aliphatic carbocycles. The van der Waals surface area contributed by atoms with E-state index >= 15 is 0 Å². The number of esters is 1. The normalized spacial score (nSPS) is 15.9. The predicted octanol–water partition coefficient (Wildman–Crippen LogP) is 4.47. The summed E-state index contributed by atoms with van der Waals surface area (Å²) in [4.78, 5) is 29.8. The first kappa shape index (κ1) is 27.0. The molecule has 0 amide bonds. The standard InChI is InChI=1S/C24H17BrClF3N2O5S/c1-3-36-22(34)17-18(11-4-6-14(26)7-5-11)31-21(33)16(37-23(31)30-20(17)24(27,28)29)9-12-8-13(25)10-15(35-2)19(12)32/h4-10,18,32H,3H2,1-2H3/b16-9-/t18-/m1/s1. The summed E-state index contributed by atoms with van der Waals surface area (Å²) in [6, 6.07) is 7.26. The molecule has 1 aliphatic heterocycles. The van der Waals surface area contributed by atoms with Crippen molar-refractivity contribution >= 4 is 50.9 Å². The lowest BCUT2D eigenvalue weighted by Gasteiger charge is -2.26. The van der Waals surface area contributed by atoms with Gasteiger partial charge in [0, 0.05) is 15.1 Å². The number of allylic oxidation sites excluding steroid dienone is 1. The molecule has 4 rings (SSSR count). The molecular formula is C24H17BrClF3N2O5S. The van der Waals surface area contributed by atoms with Crippen LogP contribution in [0.4, 0.5) is 13.2 Å². The summed E-state index contributed by atoms with van der Waals surface area (Å²) >= 11 is 9.94. The van der Waals surface area contributed by atoms with E-state index in [-0.39, 0.29) is 38.6 Å². The second-order valence-electron chi connectivity index (χ2n) is 7.66. The van der Waals surface area contributed by atoms with Crippen molar-refractivity contribution in [2.24, 2.45) is 4.99 Å². The molecule has 0 spiro atoms. The zero-order chi connectivity index (χ0) is 27.1. The van der Waals surface area contributed by atoms with Gasteiger partial charge in [-0.05, 0) is 42.8 Å². The fourth-order valence-corrected chi connectivity index (χ4v) is 5.37. The molecule has 2 aromatic carbocycles. The van der Waals surface area contributed by atoms with Crippen LogP contribution in [0.15, 0.2) is 61.9 Å². The number of aromatic hydroxyl groups is 1. The average molecular weight is 618 g/mol. The third-order valence-electron chi connectivity index (χ3n) is 5.36. The lowest BCUT2D eigenvalue weighted by Crippen LogP contribution is -2.41. The number of phenolic OH excluding ortho intramolecular Hbond substituents is 1. The monoisotopic (exact) mass is 616 g/mol. The molecule has 37 heavy (non-hydrogen) atoms. The topological polar surface area (TPSA) is 90.1 Å². The number of phenols is 1. The number of rotatable bonds is 5. The molecular weight excluding hydrogens is 601 g/mol. The van der Waals surface area contributed by atoms with Gasteiger partial charge in [0.25, 0.3) is 5.56 Å². The number of nitrogens with zero attached hydrogens (tertiary/aromatic N) is 2. The fourth-order valence-electron chi connectivity index (χ4n) is 3.80. The van der Waals surface area contributed by atoms with Crippen LogP contribution >= 0.6 is 38.9 Å². The fraction of sp³-hybridized carbons (Fsp3) is 0.208. The van der Waals surface area contributed by atoms with Gasteiger partial charge in [-0.25, -0.2) is 9.79 Å². The Kier molecular flexibility index (Phi) is 7.54. The number of alkyl halides is 3. The van der Waals surface area contributed by atoms with E-state index in [9.17, 15) is 27.9 Å². The molecule has 194 valence electrons. The van der Waals surface area contributed by atoms with Gasteiger partial charge in [0.05, 0.1) is 29.9 Å². The molecule has 1 aromatic heterocycles. The number of thiazole rings is 1. The van der Waals surface area contributed by atoms with Crippen molar-refractivity contribution in [3.63, 3.8) is 0 Å². The zero-order valence-electron chi connectivity index (χ0n) is 19.1. The van der Waals surface area contributed by atoms with E-state index in [1.807, 2.05) is 0 Å². The molecule has 0 radical (unpaired) electrons. The molecule has 0 saturated heterocycles. The molecule has 0 fully saturated rings. The van der Waals surface area contributed by atoms with Crippen molar-refractivity contribution in [1.29, 1.82) is 0 Å². The number of ether oxygens (including phenoxy) is 2. The summed E-state index contributed by atoms with van der Waals surface area (Å²) in [5.74, 6) is -1.40. The number of fused-ring (bicyclic) bond motifs is 1. The number of carbonyl (C=O) groups excluding carboxylic acids is 1. The summed E-state index contributed by atoms with van der Waals surface area (Å²) in [6.07, 6.45) is -3.70. The SMILES string of the molecule is CCOC(=O)C1=C(C(F)(F)F)N=c2s/c(=C\c3cc(Br)cc(OC)c3O)c(=O)n2[C@@H]1c1ccc(Cl)cc1. The highest BCUT2D eigenvalue weighted by molar-refractivity contribution is 9.10. The number of benzene rings is 2. The minimum atomic E-state index is -5.02. The Labute approximate surface area is 224 Å². The van der Waals surface area contributed by atoms with Gasteiger partial charge >= 0.3 is 12.1 Å². The van der Waals surface area contributed by atoms with Crippen LogP contribution < -0.4 is 19.6 Å². The van der Waals surface area contributed by atoms with Crippen LogP contribution in [-0.2, 0) is 9.53 Å². The molecule has 0 bridgehead atoms. The number of methoxy groups -OCH3 is 1. The maximum absolute atomic E-state index is 14.2. The number of hydrogen-bond donors (Lipinski definition) is 1. The molecule has 13 heteroatoms. The van der Waals surface area contributed by atoms with Crippen molar-refractivity contribution < 1.29 is 32.5 Å². The highest BCUT2D eigenvalue weighted by atomic mass is 79.9. The van der Waals surface area contributed by atoms with Gasteiger partial charge in [-0.1, -0.05) is 51.0 Å². The molecule has 3 aromatic rings. The second-order valence-corrected chi connectivity index (χ2v) is 10.0. The molecule has 7 nitrogen and oxygen atoms in total. The van der Waals surface area contributed by atoms with Crippen LogP contribution in [0, 0.1) is 0 Å². The van der Waals surface area contributed by atoms with Gasteiger partial charge in [-0.15, -0.1) is 0 Å². The first-order valence-corrected chi connectivity index (χ1v) is 12.6. The van der Waals surface area contributed by atoms with Gasteiger partial charge in [0.1, 0.15) is 0 Å². The van der Waals surface area contributed by atoms with Gasteiger partial charge < -0.3 is 14.6 Å². The molecule has 1 aliphatic rings. The number of halogens is 5. The summed E-state index contributed by atoms with van der Waals surface area (Å²) in [5.41, 5.74) is -2.61. The Bertz CT molecular complexity index is 1600. The predicted molar refractivity (Wildman–Crippen MR) is 135 cm³/mol. The van der Waals surface area contributed by atoms with E-state index in [1.165, 1.54) is 56.5 Å². The van der Waals surface area contributed by atoms with Crippen molar-refractivity contribution in [1.82, 2.24) is 4.57 Å². The van der Waals surface area contributed by atoms with Crippen LogP contribution in [0.1, 0.15) is 24.1 Å². The summed E-state index contributed by atoms with van der Waals surface area (Å²) in [6.45, 7) is 1.27. The van der Waals surface area contributed by atoms with Crippen molar-refractivity contribution in [3.8, 4) is 11.5 Å². The van der Waals surface area contributed by atoms with E-state index in [0.717, 1.165) is 4.57 Å². The van der Waals surface area contributed by atoms with Gasteiger partial charge in [-0.2, -0.15) is 13.2 Å². The maximum Gasteiger partial charge on any atom is 0.434 e. The molecule has 0 saturated carbocycles. The Hall–Kier alpha value is -3.09. The third kappa shape index (κ3) is 5.18. The lowest BCUT2D eigenvalue weighted by molar-refractivity contribution is -0.140. The van der Waals surface area contributed by atoms with E-state index < -0.39 is 35.0 Å². The Morgan fingerprint density at radius 2 is 1.97 bits per heavy atom. The first-order valence-electron chi connectivity index (χ1n) is 10.6. The summed E-state index contributed by atoms with van der Waals surface area (Å²) in [5, 5.41) is 10.8. The van der Waals surface area contributed by atoms with Gasteiger partial charge in [0.15, 0.2) is 22.0 Å². The molecule has 1 N–H and O–H groups in total.